The Hall–Kier alpha value is -1.21. The van der Waals surface area contributed by atoms with Crippen molar-refractivity contribution in [3.63, 3.8) is 0 Å². The molecule has 0 saturated carbocycles. The van der Waals surface area contributed by atoms with Gasteiger partial charge in [0.15, 0.2) is 0 Å². The molecule has 0 amide bonds. The van der Waals surface area contributed by atoms with Gasteiger partial charge in [-0.05, 0) is 33.8 Å². The van der Waals surface area contributed by atoms with Crippen molar-refractivity contribution in [3.05, 3.63) is 17.7 Å². The lowest BCUT2D eigenvalue weighted by Gasteiger charge is -2.32. The Kier molecular flexibility index (Phi) is 3.77. The van der Waals surface area contributed by atoms with Gasteiger partial charge < -0.3 is 14.0 Å². The second-order valence-corrected chi connectivity index (χ2v) is 5.76. The Morgan fingerprint density at radius 3 is 2.15 bits per heavy atom. The lowest BCUT2D eigenvalue weighted by molar-refractivity contribution is 0.00578. The smallest absolute Gasteiger partial charge is 0.481 e. The highest BCUT2D eigenvalue weighted by atomic mass is 19.3. The normalized spacial score (nSPS) is 20.5. The van der Waals surface area contributed by atoms with E-state index in [1.54, 1.807) is 0 Å². The molecule has 0 aliphatic carbocycles. The summed E-state index contributed by atoms with van der Waals surface area (Å²) in [7, 11) is 0.596. The number of nitrogens with zero attached hydrogens (tertiary/aromatic N) is 1. The van der Waals surface area contributed by atoms with Crippen LogP contribution in [0.5, 0.6) is 5.88 Å². The van der Waals surface area contributed by atoms with E-state index in [1.165, 1.54) is 19.2 Å². The first-order chi connectivity index (χ1) is 9.16. The molecule has 110 valence electrons. The Morgan fingerprint density at radius 2 is 1.70 bits per heavy atom. The molecule has 4 nitrogen and oxygen atoms in total. The van der Waals surface area contributed by atoms with Crippen LogP contribution in [0.15, 0.2) is 12.1 Å². The first-order valence-electron chi connectivity index (χ1n) is 6.36. The molecule has 0 N–H and O–H groups in total. The number of methoxy groups -OCH3 is 1. The molecule has 20 heavy (non-hydrogen) atoms. The largest absolute Gasteiger partial charge is 0.514 e. The molecule has 0 radical (unpaired) electrons. The van der Waals surface area contributed by atoms with Crippen LogP contribution in [0.2, 0.25) is 0 Å². The van der Waals surface area contributed by atoms with Crippen LogP contribution in [0, 0.1) is 0 Å². The van der Waals surface area contributed by atoms with Gasteiger partial charge in [0, 0.05) is 11.6 Å². The van der Waals surface area contributed by atoms with Crippen molar-refractivity contribution in [3.8, 4) is 5.88 Å². The van der Waals surface area contributed by atoms with Crippen molar-refractivity contribution in [2.45, 2.75) is 45.3 Å². The van der Waals surface area contributed by atoms with Crippen LogP contribution in [0.25, 0.3) is 0 Å². The molecule has 1 aliphatic rings. The van der Waals surface area contributed by atoms with Crippen molar-refractivity contribution >= 4 is 12.7 Å². The van der Waals surface area contributed by atoms with Gasteiger partial charge >= 0.3 is 7.12 Å². The second kappa shape index (κ2) is 4.97. The third-order valence-electron chi connectivity index (χ3n) is 3.80. The van der Waals surface area contributed by atoms with E-state index in [2.05, 4.69) is 4.98 Å². The number of halogens is 2. The van der Waals surface area contributed by atoms with Gasteiger partial charge in [0.25, 0.3) is 6.43 Å². The van der Waals surface area contributed by atoms with Gasteiger partial charge in [-0.15, -0.1) is 0 Å². The van der Waals surface area contributed by atoms with Crippen LogP contribution < -0.4 is 10.3 Å². The van der Waals surface area contributed by atoms with Crippen molar-refractivity contribution in [1.29, 1.82) is 0 Å². The van der Waals surface area contributed by atoms with Gasteiger partial charge in [-0.2, -0.15) is 0 Å². The fourth-order valence-corrected chi connectivity index (χ4v) is 1.86. The second-order valence-electron chi connectivity index (χ2n) is 5.76. The quantitative estimate of drug-likeness (QED) is 0.799. The van der Waals surface area contributed by atoms with Crippen molar-refractivity contribution in [2.24, 2.45) is 0 Å². The maximum absolute atomic E-state index is 12.9. The summed E-state index contributed by atoms with van der Waals surface area (Å²) in [6, 6.07) is 2.49. The Balaban J connectivity index is 2.37. The molecule has 2 rings (SSSR count). The summed E-state index contributed by atoms with van der Waals surface area (Å²) < 4.78 is 42.3. The van der Waals surface area contributed by atoms with E-state index in [0.717, 1.165) is 0 Å². The molecule has 0 unspecified atom stereocenters. The highest BCUT2D eigenvalue weighted by Crippen LogP contribution is 2.36. The topological polar surface area (TPSA) is 40.6 Å². The predicted octanol–water partition coefficient (Wildman–Crippen LogP) is 2.33. The summed E-state index contributed by atoms with van der Waals surface area (Å²) in [6.45, 7) is 7.56. The van der Waals surface area contributed by atoms with Crippen LogP contribution in [0.4, 0.5) is 8.78 Å². The summed E-state index contributed by atoms with van der Waals surface area (Å²) in [5.41, 5.74) is -0.972. The van der Waals surface area contributed by atoms with Crippen LogP contribution in [-0.2, 0) is 9.31 Å². The number of ether oxygens (including phenoxy) is 1. The van der Waals surface area contributed by atoms with Gasteiger partial charge in [-0.3, -0.25) is 0 Å². The van der Waals surface area contributed by atoms with E-state index in [4.69, 9.17) is 14.0 Å². The van der Waals surface area contributed by atoms with Crippen LogP contribution in [0.1, 0.15) is 39.7 Å². The summed E-state index contributed by atoms with van der Waals surface area (Å²) in [5, 5.41) is 0. The zero-order valence-electron chi connectivity index (χ0n) is 12.2. The fraction of sp³-hybridized carbons (Fsp3) is 0.615. The molecule has 2 heterocycles. The van der Waals surface area contributed by atoms with E-state index < -0.39 is 24.7 Å². The lowest BCUT2D eigenvalue weighted by atomic mass is 9.83. The standard InChI is InChI=1S/C13H18BF2NO3/c1-12(2)13(3,4)20-14(19-12)9-6-8(11(15)16)7-10(17-9)18-5/h6-7,11H,1-5H3. The molecule has 0 spiro atoms. The summed E-state index contributed by atoms with van der Waals surface area (Å²) in [6.07, 6.45) is -2.60. The maximum atomic E-state index is 12.9. The first-order valence-corrected chi connectivity index (χ1v) is 6.36. The zero-order chi connectivity index (χ0) is 15.1. The molecular formula is C13H18BF2NO3. The first kappa shape index (κ1) is 15.2. The van der Waals surface area contributed by atoms with E-state index in [0.29, 0.717) is 5.59 Å². The van der Waals surface area contributed by atoms with Crippen LogP contribution >= 0.6 is 0 Å². The lowest BCUT2D eigenvalue weighted by Crippen LogP contribution is -2.41. The van der Waals surface area contributed by atoms with Crippen LogP contribution in [-0.4, -0.2) is 30.4 Å². The highest BCUT2D eigenvalue weighted by Gasteiger charge is 2.52. The van der Waals surface area contributed by atoms with Gasteiger partial charge in [0.1, 0.15) is 0 Å². The molecule has 1 aromatic heterocycles. The number of aromatic nitrogens is 1. The van der Waals surface area contributed by atoms with Gasteiger partial charge in [-0.25, -0.2) is 13.8 Å². The van der Waals surface area contributed by atoms with Gasteiger partial charge in [0.05, 0.1) is 23.9 Å². The van der Waals surface area contributed by atoms with E-state index in [-0.39, 0.29) is 11.4 Å². The molecule has 0 bridgehead atoms. The van der Waals surface area contributed by atoms with E-state index >= 15 is 0 Å². The summed E-state index contributed by atoms with van der Waals surface area (Å²) >= 11 is 0. The molecule has 7 heteroatoms. The molecule has 1 aromatic rings. The SMILES string of the molecule is COc1cc(C(F)F)cc(B2OC(C)(C)C(C)(C)O2)n1. The van der Waals surface area contributed by atoms with Crippen molar-refractivity contribution in [2.75, 3.05) is 7.11 Å². The highest BCUT2D eigenvalue weighted by molar-refractivity contribution is 6.61. The molecule has 0 atom stereocenters. The number of hydrogen-bond donors (Lipinski definition) is 0. The van der Waals surface area contributed by atoms with Gasteiger partial charge in [-0.1, -0.05) is 0 Å². The average molecular weight is 285 g/mol. The van der Waals surface area contributed by atoms with E-state index in [9.17, 15) is 8.78 Å². The van der Waals surface area contributed by atoms with Crippen LogP contribution in [0.3, 0.4) is 0 Å². The molecule has 1 aliphatic heterocycles. The van der Waals surface area contributed by atoms with Crippen molar-refractivity contribution in [1.82, 2.24) is 4.98 Å². The zero-order valence-corrected chi connectivity index (χ0v) is 12.2. The minimum absolute atomic E-state index is 0.118. The summed E-state index contributed by atoms with van der Waals surface area (Å²) in [4.78, 5) is 4.14. The minimum Gasteiger partial charge on any atom is -0.481 e. The van der Waals surface area contributed by atoms with Crippen molar-refractivity contribution < 1.29 is 22.8 Å². The molecule has 1 fully saturated rings. The number of rotatable bonds is 3. The Morgan fingerprint density at radius 1 is 1.15 bits per heavy atom. The monoisotopic (exact) mass is 285 g/mol. The minimum atomic E-state index is -2.60. The average Bonchev–Trinajstić information content (AvgIpc) is 2.58. The number of hydrogen-bond acceptors (Lipinski definition) is 4. The Bertz CT molecular complexity index is 492. The third kappa shape index (κ3) is 2.65. The van der Waals surface area contributed by atoms with Gasteiger partial charge in [0.2, 0.25) is 5.88 Å². The summed E-state index contributed by atoms with van der Waals surface area (Å²) in [5.74, 6) is 0.118. The fourth-order valence-electron chi connectivity index (χ4n) is 1.86. The molecule has 0 aromatic carbocycles. The van der Waals surface area contributed by atoms with E-state index in [1.807, 2.05) is 27.7 Å². The molecular weight excluding hydrogens is 267 g/mol. The Labute approximate surface area is 117 Å². The molecule has 1 saturated heterocycles. The maximum Gasteiger partial charge on any atom is 0.514 e. The predicted molar refractivity (Wildman–Crippen MR) is 71.5 cm³/mol. The number of alkyl halides is 2. The number of pyridine rings is 1. The third-order valence-corrected chi connectivity index (χ3v) is 3.80.